The number of nitrogens with one attached hydrogen (secondary N) is 3. The molecule has 1 aromatic carbocycles. The largest absolute Gasteiger partial charge is 0.357 e. The van der Waals surface area contributed by atoms with Gasteiger partial charge in [0.15, 0.2) is 5.96 Å². The molecule has 0 bridgehead atoms. The van der Waals surface area contributed by atoms with Gasteiger partial charge in [-0.05, 0) is 71.3 Å². The zero-order valence-corrected chi connectivity index (χ0v) is 18.0. The van der Waals surface area contributed by atoms with Gasteiger partial charge in [-0.15, -0.1) is 0 Å². The number of carbonyl (C=O) groups excluding carboxylic acids is 1. The highest BCUT2D eigenvalue weighted by Gasteiger charge is 2.15. The summed E-state index contributed by atoms with van der Waals surface area (Å²) in [6.45, 7) is 13.7. The van der Waals surface area contributed by atoms with E-state index in [1.165, 1.54) is 32.4 Å². The molecule has 1 fully saturated rings. The van der Waals surface area contributed by atoms with E-state index in [0.717, 1.165) is 31.2 Å². The van der Waals surface area contributed by atoms with E-state index >= 15 is 0 Å². The van der Waals surface area contributed by atoms with Crippen molar-refractivity contribution in [1.29, 1.82) is 0 Å². The highest BCUT2D eigenvalue weighted by molar-refractivity contribution is 5.94. The molecule has 1 aliphatic heterocycles. The van der Waals surface area contributed by atoms with Crippen LogP contribution in [0.2, 0.25) is 0 Å². The summed E-state index contributed by atoms with van der Waals surface area (Å²) in [5.41, 5.74) is 1.45. The van der Waals surface area contributed by atoms with Gasteiger partial charge in [-0.3, -0.25) is 4.79 Å². The van der Waals surface area contributed by atoms with E-state index in [9.17, 15) is 4.79 Å². The number of amides is 1. The van der Waals surface area contributed by atoms with Crippen molar-refractivity contribution < 1.29 is 4.79 Å². The number of rotatable bonds is 7. The third kappa shape index (κ3) is 8.30. The Bertz CT molecular complexity index is 645. The van der Waals surface area contributed by atoms with Crippen LogP contribution in [0.15, 0.2) is 29.3 Å². The molecule has 2 rings (SSSR count). The van der Waals surface area contributed by atoms with Gasteiger partial charge < -0.3 is 20.9 Å². The van der Waals surface area contributed by atoms with Crippen molar-refractivity contribution in [3.05, 3.63) is 35.4 Å². The smallest absolute Gasteiger partial charge is 0.251 e. The summed E-state index contributed by atoms with van der Waals surface area (Å²) in [6, 6.07) is 7.69. The third-order valence-electron chi connectivity index (χ3n) is 4.61. The van der Waals surface area contributed by atoms with Gasteiger partial charge >= 0.3 is 0 Å². The molecule has 0 unspecified atom stereocenters. The van der Waals surface area contributed by atoms with Crippen molar-refractivity contribution in [3.63, 3.8) is 0 Å². The van der Waals surface area contributed by atoms with Crippen molar-refractivity contribution in [3.8, 4) is 0 Å². The molecule has 3 N–H and O–H groups in total. The molecule has 1 amide bonds. The lowest BCUT2D eigenvalue weighted by Crippen LogP contribution is -2.42. The molecule has 1 aliphatic rings. The van der Waals surface area contributed by atoms with E-state index in [1.807, 2.05) is 45.0 Å². The lowest BCUT2D eigenvalue weighted by Gasteiger charge is -2.26. The van der Waals surface area contributed by atoms with Gasteiger partial charge in [0, 0.05) is 30.7 Å². The lowest BCUT2D eigenvalue weighted by atomic mass is 10.1. The maximum absolute atomic E-state index is 12.4. The number of likely N-dealkylation sites (tertiary alicyclic amines) is 1. The van der Waals surface area contributed by atoms with Crippen molar-refractivity contribution in [2.45, 2.75) is 59.0 Å². The van der Waals surface area contributed by atoms with Crippen LogP contribution in [-0.4, -0.2) is 55.0 Å². The maximum Gasteiger partial charge on any atom is 0.251 e. The summed E-state index contributed by atoms with van der Waals surface area (Å²) in [7, 11) is 0. The quantitative estimate of drug-likeness (QED) is 0.497. The lowest BCUT2D eigenvalue weighted by molar-refractivity contribution is 0.0919. The molecule has 1 heterocycles. The highest BCUT2D eigenvalue weighted by atomic mass is 16.1. The van der Waals surface area contributed by atoms with Crippen LogP contribution < -0.4 is 16.0 Å². The number of nitrogens with zero attached hydrogens (tertiary/aromatic N) is 2. The van der Waals surface area contributed by atoms with E-state index in [2.05, 4.69) is 32.8 Å². The first-order chi connectivity index (χ1) is 13.4. The molecular formula is C22H37N5O. The van der Waals surface area contributed by atoms with E-state index in [-0.39, 0.29) is 11.4 Å². The number of hydrogen-bond donors (Lipinski definition) is 3. The Labute approximate surface area is 170 Å². The van der Waals surface area contributed by atoms with Crippen LogP contribution in [0.1, 0.15) is 62.9 Å². The predicted octanol–water partition coefficient (Wildman–Crippen LogP) is 2.76. The van der Waals surface area contributed by atoms with Crippen LogP contribution in [0.5, 0.6) is 0 Å². The molecule has 0 saturated carbocycles. The average Bonchev–Trinajstić information content (AvgIpc) is 2.66. The Morgan fingerprint density at radius 1 is 1.14 bits per heavy atom. The molecule has 6 nitrogen and oxygen atoms in total. The van der Waals surface area contributed by atoms with Gasteiger partial charge in [0.2, 0.25) is 0 Å². The van der Waals surface area contributed by atoms with Gasteiger partial charge in [-0.1, -0.05) is 18.6 Å². The number of hydrogen-bond acceptors (Lipinski definition) is 3. The molecule has 0 spiro atoms. The number of piperidine rings is 1. The van der Waals surface area contributed by atoms with E-state index in [0.29, 0.717) is 12.1 Å². The first-order valence-corrected chi connectivity index (χ1v) is 10.5. The first-order valence-electron chi connectivity index (χ1n) is 10.5. The Balaban J connectivity index is 1.90. The summed E-state index contributed by atoms with van der Waals surface area (Å²) < 4.78 is 0. The zero-order valence-electron chi connectivity index (χ0n) is 18.0. The summed E-state index contributed by atoms with van der Waals surface area (Å²) in [5.74, 6) is 0.772. The number of aliphatic imine (C=N–C) groups is 1. The summed E-state index contributed by atoms with van der Waals surface area (Å²) in [5, 5.41) is 9.73. The van der Waals surface area contributed by atoms with Crippen LogP contribution >= 0.6 is 0 Å². The minimum atomic E-state index is -0.248. The third-order valence-corrected chi connectivity index (χ3v) is 4.61. The average molecular weight is 388 g/mol. The molecular weight excluding hydrogens is 350 g/mol. The Morgan fingerprint density at radius 2 is 1.89 bits per heavy atom. The molecule has 28 heavy (non-hydrogen) atoms. The zero-order chi connectivity index (χ0) is 20.4. The summed E-state index contributed by atoms with van der Waals surface area (Å²) >= 11 is 0. The van der Waals surface area contributed by atoms with E-state index in [1.54, 1.807) is 0 Å². The van der Waals surface area contributed by atoms with Crippen molar-refractivity contribution >= 4 is 11.9 Å². The number of carbonyl (C=O) groups is 1. The highest BCUT2D eigenvalue weighted by Crippen LogP contribution is 2.09. The summed E-state index contributed by atoms with van der Waals surface area (Å²) in [6.07, 6.45) is 3.99. The maximum atomic E-state index is 12.4. The van der Waals surface area contributed by atoms with Crippen LogP contribution in [-0.2, 0) is 6.54 Å². The van der Waals surface area contributed by atoms with Crippen LogP contribution in [0, 0.1) is 0 Å². The second-order valence-corrected chi connectivity index (χ2v) is 8.43. The second-order valence-electron chi connectivity index (χ2n) is 8.43. The molecule has 1 aromatic rings. The van der Waals surface area contributed by atoms with Crippen molar-refractivity contribution in [1.82, 2.24) is 20.9 Å². The molecule has 6 heteroatoms. The monoisotopic (exact) mass is 387 g/mol. The Hall–Kier alpha value is -2.08. The topological polar surface area (TPSA) is 68.8 Å². The molecule has 0 atom stereocenters. The fourth-order valence-electron chi connectivity index (χ4n) is 3.25. The standard InChI is InChI=1S/C22H37N5O/c1-5-23-21(24-12-15-27-13-7-6-8-14-27)25-17-18-10-9-11-19(16-18)20(28)26-22(2,3)4/h9-11,16H,5-8,12-15,17H2,1-4H3,(H,26,28)(H2,23,24,25). The van der Waals surface area contributed by atoms with Gasteiger partial charge in [0.1, 0.15) is 0 Å². The minimum absolute atomic E-state index is 0.0510. The van der Waals surface area contributed by atoms with Crippen molar-refractivity contribution in [2.75, 3.05) is 32.7 Å². The van der Waals surface area contributed by atoms with Crippen molar-refractivity contribution in [2.24, 2.45) is 4.99 Å². The minimum Gasteiger partial charge on any atom is -0.357 e. The molecule has 1 saturated heterocycles. The number of guanidine groups is 1. The molecule has 0 aromatic heterocycles. The Morgan fingerprint density at radius 3 is 2.57 bits per heavy atom. The van der Waals surface area contributed by atoms with Gasteiger partial charge in [-0.2, -0.15) is 0 Å². The predicted molar refractivity (Wildman–Crippen MR) is 117 cm³/mol. The first kappa shape index (κ1) is 22.2. The van der Waals surface area contributed by atoms with Gasteiger partial charge in [0.05, 0.1) is 6.54 Å². The van der Waals surface area contributed by atoms with E-state index < -0.39 is 0 Å². The molecule has 0 aliphatic carbocycles. The Kier molecular flexibility index (Phi) is 8.77. The van der Waals surface area contributed by atoms with Gasteiger partial charge in [0.25, 0.3) is 5.91 Å². The fourth-order valence-corrected chi connectivity index (χ4v) is 3.25. The summed E-state index contributed by atoms with van der Waals surface area (Å²) in [4.78, 5) is 19.6. The van der Waals surface area contributed by atoms with Gasteiger partial charge in [-0.25, -0.2) is 4.99 Å². The number of benzene rings is 1. The van der Waals surface area contributed by atoms with E-state index in [4.69, 9.17) is 0 Å². The second kappa shape index (κ2) is 11.1. The fraction of sp³-hybridized carbons (Fsp3) is 0.636. The van der Waals surface area contributed by atoms with Crippen LogP contribution in [0.3, 0.4) is 0 Å². The van der Waals surface area contributed by atoms with Crippen LogP contribution in [0.25, 0.3) is 0 Å². The van der Waals surface area contributed by atoms with Crippen LogP contribution in [0.4, 0.5) is 0 Å². The normalized spacial score (nSPS) is 15.9. The SMILES string of the molecule is CCNC(=NCc1cccc(C(=O)NC(C)(C)C)c1)NCCN1CCCCC1. The molecule has 156 valence electrons. The molecule has 0 radical (unpaired) electrons.